The minimum Gasteiger partial charge on any atom is -0.316 e. The molecule has 1 rings (SSSR count). The zero-order valence-electron chi connectivity index (χ0n) is 9.68. The molecule has 84 valence electrons. The van der Waals surface area contributed by atoms with E-state index in [0.29, 0.717) is 0 Å². The summed E-state index contributed by atoms with van der Waals surface area (Å²) < 4.78 is 0. The highest BCUT2D eigenvalue weighted by Gasteiger charge is 2.07. The van der Waals surface area contributed by atoms with Crippen molar-refractivity contribution in [1.29, 1.82) is 0 Å². The Morgan fingerprint density at radius 3 is 2.64 bits per heavy atom. The molecule has 2 N–H and O–H groups in total. The van der Waals surface area contributed by atoms with Gasteiger partial charge < -0.3 is 15.5 Å². The highest BCUT2D eigenvalue weighted by Crippen LogP contribution is 1.94. The number of hydrogen-bond donors (Lipinski definition) is 2. The molecule has 0 atom stereocenters. The van der Waals surface area contributed by atoms with E-state index in [2.05, 4.69) is 29.4 Å². The fourth-order valence-corrected chi connectivity index (χ4v) is 1.75. The van der Waals surface area contributed by atoms with Crippen LogP contribution in [0.5, 0.6) is 0 Å². The Balaban J connectivity index is 1.87. The molecule has 14 heavy (non-hydrogen) atoms. The maximum absolute atomic E-state index is 3.48. The molecule has 3 nitrogen and oxygen atoms in total. The Kier molecular flexibility index (Phi) is 6.15. The second kappa shape index (κ2) is 7.21. The normalized spacial score (nSPS) is 19.1. The third kappa shape index (κ3) is 5.58. The van der Waals surface area contributed by atoms with Crippen LogP contribution in [0.25, 0.3) is 0 Å². The van der Waals surface area contributed by atoms with Crippen LogP contribution >= 0.6 is 0 Å². The second-order valence-electron chi connectivity index (χ2n) is 4.54. The molecule has 0 aliphatic carbocycles. The first-order chi connectivity index (χ1) is 6.79. The van der Waals surface area contributed by atoms with Gasteiger partial charge in [-0.3, -0.25) is 0 Å². The average Bonchev–Trinajstić information content (AvgIpc) is 2.18. The van der Waals surface area contributed by atoms with Gasteiger partial charge in [-0.2, -0.15) is 0 Å². The first-order valence-corrected chi connectivity index (χ1v) is 5.93. The second-order valence-corrected chi connectivity index (χ2v) is 4.54. The summed E-state index contributed by atoms with van der Waals surface area (Å²) in [6.45, 7) is 12.9. The third-order valence-corrected chi connectivity index (χ3v) is 2.59. The van der Waals surface area contributed by atoms with E-state index in [1.165, 1.54) is 45.7 Å². The molecule has 0 aromatic rings. The van der Waals surface area contributed by atoms with Gasteiger partial charge in [0, 0.05) is 26.2 Å². The van der Waals surface area contributed by atoms with Crippen LogP contribution in [0.2, 0.25) is 0 Å². The maximum atomic E-state index is 3.48. The first kappa shape index (κ1) is 12.0. The lowest BCUT2D eigenvalue weighted by Crippen LogP contribution is -2.44. The molecular formula is C11H25N3. The smallest absolute Gasteiger partial charge is 0.0107 e. The van der Waals surface area contributed by atoms with E-state index < -0.39 is 0 Å². The lowest BCUT2D eigenvalue weighted by atomic mass is 10.2. The molecule has 1 aliphatic heterocycles. The summed E-state index contributed by atoms with van der Waals surface area (Å²) in [6, 6.07) is 0. The van der Waals surface area contributed by atoms with E-state index in [0.717, 1.165) is 12.5 Å². The van der Waals surface area contributed by atoms with E-state index >= 15 is 0 Å². The van der Waals surface area contributed by atoms with E-state index in [-0.39, 0.29) is 0 Å². The molecule has 0 amide bonds. The Labute approximate surface area is 88.2 Å². The average molecular weight is 199 g/mol. The molecule has 1 heterocycles. The van der Waals surface area contributed by atoms with Crippen LogP contribution in [-0.2, 0) is 0 Å². The predicted octanol–water partition coefficient (Wildman–Crippen LogP) is 0.527. The van der Waals surface area contributed by atoms with Crippen LogP contribution < -0.4 is 10.6 Å². The molecule has 0 saturated carbocycles. The van der Waals surface area contributed by atoms with Crippen molar-refractivity contribution in [3.63, 3.8) is 0 Å². The van der Waals surface area contributed by atoms with Crippen molar-refractivity contribution in [2.75, 3.05) is 45.8 Å². The SMILES string of the molecule is CC(C)CNCCCN1CCNCC1. The number of hydrogen-bond acceptors (Lipinski definition) is 3. The van der Waals surface area contributed by atoms with E-state index in [1.54, 1.807) is 0 Å². The lowest BCUT2D eigenvalue weighted by molar-refractivity contribution is 0.237. The highest BCUT2D eigenvalue weighted by atomic mass is 15.2. The van der Waals surface area contributed by atoms with Gasteiger partial charge in [0.15, 0.2) is 0 Å². The summed E-state index contributed by atoms with van der Waals surface area (Å²) in [7, 11) is 0. The van der Waals surface area contributed by atoms with Crippen molar-refractivity contribution in [3.8, 4) is 0 Å². The largest absolute Gasteiger partial charge is 0.316 e. The third-order valence-electron chi connectivity index (χ3n) is 2.59. The topological polar surface area (TPSA) is 27.3 Å². The Morgan fingerprint density at radius 2 is 2.00 bits per heavy atom. The number of nitrogens with one attached hydrogen (secondary N) is 2. The van der Waals surface area contributed by atoms with Crippen molar-refractivity contribution in [1.82, 2.24) is 15.5 Å². The summed E-state index contributed by atoms with van der Waals surface area (Å²) in [4.78, 5) is 2.55. The number of nitrogens with zero attached hydrogens (tertiary/aromatic N) is 1. The minimum atomic E-state index is 0.772. The molecule has 1 saturated heterocycles. The lowest BCUT2D eigenvalue weighted by Gasteiger charge is -2.27. The molecule has 0 radical (unpaired) electrons. The Hall–Kier alpha value is -0.120. The van der Waals surface area contributed by atoms with Crippen LogP contribution in [0.3, 0.4) is 0 Å². The van der Waals surface area contributed by atoms with Crippen molar-refractivity contribution < 1.29 is 0 Å². The van der Waals surface area contributed by atoms with Gasteiger partial charge in [0.05, 0.1) is 0 Å². The summed E-state index contributed by atoms with van der Waals surface area (Å²) in [5.41, 5.74) is 0. The predicted molar refractivity (Wildman–Crippen MR) is 61.6 cm³/mol. The molecule has 0 bridgehead atoms. The zero-order chi connectivity index (χ0) is 10.2. The van der Waals surface area contributed by atoms with Gasteiger partial charge in [-0.1, -0.05) is 13.8 Å². The Bertz CT molecular complexity index is 130. The van der Waals surface area contributed by atoms with E-state index in [4.69, 9.17) is 0 Å². The van der Waals surface area contributed by atoms with E-state index in [9.17, 15) is 0 Å². The monoisotopic (exact) mass is 199 g/mol. The Morgan fingerprint density at radius 1 is 1.29 bits per heavy atom. The van der Waals surface area contributed by atoms with Gasteiger partial charge in [0.25, 0.3) is 0 Å². The summed E-state index contributed by atoms with van der Waals surface area (Å²) in [6.07, 6.45) is 1.28. The molecule has 1 fully saturated rings. The number of rotatable bonds is 6. The van der Waals surface area contributed by atoms with Crippen LogP contribution in [0.1, 0.15) is 20.3 Å². The van der Waals surface area contributed by atoms with Crippen molar-refractivity contribution >= 4 is 0 Å². The molecule has 1 aliphatic rings. The molecule has 0 unspecified atom stereocenters. The fraction of sp³-hybridized carbons (Fsp3) is 1.00. The maximum Gasteiger partial charge on any atom is 0.0107 e. The van der Waals surface area contributed by atoms with Crippen LogP contribution in [0, 0.1) is 5.92 Å². The van der Waals surface area contributed by atoms with Crippen LogP contribution in [-0.4, -0.2) is 50.7 Å². The molecule has 0 aromatic heterocycles. The fourth-order valence-electron chi connectivity index (χ4n) is 1.75. The van der Waals surface area contributed by atoms with Crippen molar-refractivity contribution in [2.45, 2.75) is 20.3 Å². The summed E-state index contributed by atoms with van der Waals surface area (Å²) in [5, 5.41) is 6.86. The van der Waals surface area contributed by atoms with Gasteiger partial charge in [-0.05, 0) is 32.0 Å². The van der Waals surface area contributed by atoms with Crippen molar-refractivity contribution in [3.05, 3.63) is 0 Å². The molecule has 0 aromatic carbocycles. The van der Waals surface area contributed by atoms with Gasteiger partial charge in [0.1, 0.15) is 0 Å². The number of piperazine rings is 1. The van der Waals surface area contributed by atoms with Crippen LogP contribution in [0.4, 0.5) is 0 Å². The van der Waals surface area contributed by atoms with Gasteiger partial charge in [-0.25, -0.2) is 0 Å². The minimum absolute atomic E-state index is 0.772. The molecule has 0 spiro atoms. The van der Waals surface area contributed by atoms with Crippen LogP contribution in [0.15, 0.2) is 0 Å². The standard InChI is InChI=1S/C11H25N3/c1-11(2)10-13-4-3-7-14-8-5-12-6-9-14/h11-13H,3-10H2,1-2H3. The quantitative estimate of drug-likeness (QED) is 0.611. The first-order valence-electron chi connectivity index (χ1n) is 5.93. The van der Waals surface area contributed by atoms with Crippen molar-refractivity contribution in [2.24, 2.45) is 5.92 Å². The summed E-state index contributed by atoms with van der Waals surface area (Å²) >= 11 is 0. The van der Waals surface area contributed by atoms with Gasteiger partial charge in [-0.15, -0.1) is 0 Å². The van der Waals surface area contributed by atoms with Gasteiger partial charge in [0.2, 0.25) is 0 Å². The van der Waals surface area contributed by atoms with Gasteiger partial charge >= 0.3 is 0 Å². The zero-order valence-corrected chi connectivity index (χ0v) is 9.68. The summed E-state index contributed by atoms with van der Waals surface area (Å²) in [5.74, 6) is 0.772. The molecular weight excluding hydrogens is 174 g/mol. The van der Waals surface area contributed by atoms with E-state index in [1.807, 2.05) is 0 Å². The highest BCUT2D eigenvalue weighted by molar-refractivity contribution is 4.67. The molecule has 3 heteroatoms.